The molecule has 1 N–H and O–H groups in total. The molecule has 0 atom stereocenters. The van der Waals surface area contributed by atoms with E-state index in [1.54, 1.807) is 24.3 Å². The van der Waals surface area contributed by atoms with Gasteiger partial charge in [-0.05, 0) is 37.3 Å². The fourth-order valence-corrected chi connectivity index (χ4v) is 2.64. The van der Waals surface area contributed by atoms with Crippen molar-refractivity contribution in [1.82, 2.24) is 0 Å². The molecule has 2 aromatic rings. The van der Waals surface area contributed by atoms with Gasteiger partial charge in [-0.2, -0.15) is 0 Å². The molecule has 0 saturated heterocycles. The Balaban J connectivity index is 1.77. The first kappa shape index (κ1) is 23.0. The van der Waals surface area contributed by atoms with Crippen LogP contribution in [-0.4, -0.2) is 45.1 Å². The number of esters is 1. The second kappa shape index (κ2) is 11.1. The maximum absolute atomic E-state index is 12.1. The summed E-state index contributed by atoms with van der Waals surface area (Å²) in [5, 5.41) is 2.86. The second-order valence-electron chi connectivity index (χ2n) is 6.07. The van der Waals surface area contributed by atoms with Crippen molar-refractivity contribution in [3.05, 3.63) is 47.0 Å². The molecule has 30 heavy (non-hydrogen) atoms. The van der Waals surface area contributed by atoms with Crippen molar-refractivity contribution in [3.8, 4) is 17.2 Å². The van der Waals surface area contributed by atoms with Crippen molar-refractivity contribution in [1.29, 1.82) is 0 Å². The number of ether oxygens (including phenoxy) is 4. The van der Waals surface area contributed by atoms with Crippen molar-refractivity contribution in [2.75, 3.05) is 32.8 Å². The van der Waals surface area contributed by atoms with E-state index in [0.717, 1.165) is 0 Å². The summed E-state index contributed by atoms with van der Waals surface area (Å²) in [6, 6.07) is 9.57. The molecule has 0 fully saturated rings. The molecule has 0 aliphatic heterocycles. The van der Waals surface area contributed by atoms with Crippen LogP contribution in [0.15, 0.2) is 36.4 Å². The van der Waals surface area contributed by atoms with Crippen molar-refractivity contribution in [2.45, 2.75) is 13.3 Å². The number of methoxy groups -OCH3 is 2. The molecular formula is C21H22ClNO7. The van der Waals surface area contributed by atoms with Crippen molar-refractivity contribution < 1.29 is 33.3 Å². The molecule has 0 saturated carbocycles. The van der Waals surface area contributed by atoms with Crippen LogP contribution in [0.1, 0.15) is 23.7 Å². The molecule has 2 rings (SSSR count). The lowest BCUT2D eigenvalue weighted by atomic mass is 10.1. The average Bonchev–Trinajstić information content (AvgIpc) is 2.73. The quantitative estimate of drug-likeness (QED) is 0.450. The number of nitrogens with one attached hydrogen (secondary N) is 1. The van der Waals surface area contributed by atoms with E-state index in [4.69, 9.17) is 30.5 Å². The van der Waals surface area contributed by atoms with Crippen LogP contribution < -0.4 is 19.5 Å². The van der Waals surface area contributed by atoms with Crippen molar-refractivity contribution in [3.63, 3.8) is 0 Å². The normalized spacial score (nSPS) is 10.1. The number of halogens is 1. The van der Waals surface area contributed by atoms with Crippen molar-refractivity contribution >= 4 is 34.9 Å². The van der Waals surface area contributed by atoms with E-state index in [1.165, 1.54) is 33.3 Å². The molecule has 0 heterocycles. The summed E-state index contributed by atoms with van der Waals surface area (Å²) in [4.78, 5) is 35.1. The fourth-order valence-electron chi connectivity index (χ4n) is 2.40. The summed E-state index contributed by atoms with van der Waals surface area (Å²) >= 11 is 6.05. The van der Waals surface area contributed by atoms with E-state index >= 15 is 0 Å². The highest BCUT2D eigenvalue weighted by Gasteiger charge is 2.14. The first-order valence-electron chi connectivity index (χ1n) is 8.94. The second-order valence-corrected chi connectivity index (χ2v) is 6.48. The van der Waals surface area contributed by atoms with Gasteiger partial charge in [0, 0.05) is 11.6 Å². The Morgan fingerprint density at radius 3 is 2.27 bits per heavy atom. The van der Waals surface area contributed by atoms with Gasteiger partial charge in [0.25, 0.3) is 5.91 Å². The maximum atomic E-state index is 12.1. The van der Waals surface area contributed by atoms with E-state index in [0.29, 0.717) is 33.5 Å². The SMILES string of the molecule is COc1cc(OC)c(NC(=O)COC(=O)CCOc2ccc(C(C)=O)cc2)cc1Cl. The third-order valence-corrected chi connectivity index (χ3v) is 4.24. The molecule has 1 amide bonds. The van der Waals surface area contributed by atoms with Gasteiger partial charge < -0.3 is 24.3 Å². The molecule has 0 spiro atoms. The summed E-state index contributed by atoms with van der Waals surface area (Å²) < 4.78 is 20.6. The number of amides is 1. The fraction of sp³-hybridized carbons (Fsp3) is 0.286. The first-order valence-corrected chi connectivity index (χ1v) is 9.32. The van der Waals surface area contributed by atoms with Gasteiger partial charge >= 0.3 is 5.97 Å². The van der Waals surface area contributed by atoms with Gasteiger partial charge in [-0.1, -0.05) is 11.6 Å². The molecule has 0 aromatic heterocycles. The predicted octanol–water partition coefficient (Wildman–Crippen LogP) is 3.51. The molecule has 9 heteroatoms. The van der Waals surface area contributed by atoms with Gasteiger partial charge in [-0.3, -0.25) is 14.4 Å². The van der Waals surface area contributed by atoms with Gasteiger partial charge in [0.1, 0.15) is 17.2 Å². The van der Waals surface area contributed by atoms with E-state index in [-0.39, 0.29) is 18.8 Å². The zero-order valence-corrected chi connectivity index (χ0v) is 17.6. The standard InChI is InChI=1S/C21H22ClNO7/c1-13(24)14-4-6-15(7-5-14)29-9-8-21(26)30-12-20(25)23-17-10-16(22)18(27-2)11-19(17)28-3/h4-7,10-11H,8-9,12H2,1-3H3,(H,23,25). The summed E-state index contributed by atoms with van der Waals surface area (Å²) in [7, 11) is 2.90. The van der Waals surface area contributed by atoms with Gasteiger partial charge in [0.15, 0.2) is 12.4 Å². The van der Waals surface area contributed by atoms with Crippen molar-refractivity contribution in [2.24, 2.45) is 0 Å². The summed E-state index contributed by atoms with van der Waals surface area (Å²) in [5.41, 5.74) is 0.893. The molecule has 0 radical (unpaired) electrons. The van der Waals surface area contributed by atoms with E-state index in [2.05, 4.69) is 5.32 Å². The van der Waals surface area contributed by atoms with E-state index in [1.807, 2.05) is 0 Å². The third kappa shape index (κ3) is 6.66. The van der Waals surface area contributed by atoms with Crippen LogP contribution in [0.5, 0.6) is 17.2 Å². The highest BCUT2D eigenvalue weighted by molar-refractivity contribution is 6.32. The number of ketones is 1. The van der Waals surface area contributed by atoms with Gasteiger partial charge in [-0.15, -0.1) is 0 Å². The zero-order valence-electron chi connectivity index (χ0n) is 16.8. The van der Waals surface area contributed by atoms with E-state index < -0.39 is 18.5 Å². The van der Waals surface area contributed by atoms with Crippen LogP contribution in [0, 0.1) is 0 Å². The molecule has 160 valence electrons. The van der Waals surface area contributed by atoms with Crippen LogP contribution in [0.25, 0.3) is 0 Å². The predicted molar refractivity (Wildman–Crippen MR) is 111 cm³/mol. The summed E-state index contributed by atoms with van der Waals surface area (Å²) in [6.45, 7) is 1.07. The van der Waals surface area contributed by atoms with Gasteiger partial charge in [-0.25, -0.2) is 0 Å². The Morgan fingerprint density at radius 2 is 1.67 bits per heavy atom. The molecule has 0 unspecified atom stereocenters. The Morgan fingerprint density at radius 1 is 1.00 bits per heavy atom. The Labute approximate surface area is 179 Å². The Bertz CT molecular complexity index is 912. The smallest absolute Gasteiger partial charge is 0.309 e. The largest absolute Gasteiger partial charge is 0.495 e. The molecule has 0 aliphatic rings. The average molecular weight is 436 g/mol. The molecule has 8 nitrogen and oxygen atoms in total. The molecule has 0 aliphatic carbocycles. The minimum atomic E-state index is -0.592. The Kier molecular flexibility index (Phi) is 8.49. The lowest BCUT2D eigenvalue weighted by Gasteiger charge is -2.13. The molecular weight excluding hydrogens is 414 g/mol. The van der Waals surface area contributed by atoms with E-state index in [9.17, 15) is 14.4 Å². The zero-order chi connectivity index (χ0) is 22.1. The minimum Gasteiger partial charge on any atom is -0.495 e. The number of hydrogen-bond acceptors (Lipinski definition) is 7. The summed E-state index contributed by atoms with van der Waals surface area (Å²) in [5.74, 6) is 0.0785. The van der Waals surface area contributed by atoms with Crippen LogP contribution in [0.2, 0.25) is 5.02 Å². The highest BCUT2D eigenvalue weighted by Crippen LogP contribution is 2.35. The third-order valence-electron chi connectivity index (χ3n) is 3.95. The number of Topliss-reactive ketones (excluding diaryl/α,β-unsaturated/α-hetero) is 1. The van der Waals surface area contributed by atoms with Crippen LogP contribution in [0.4, 0.5) is 5.69 Å². The number of benzene rings is 2. The first-order chi connectivity index (χ1) is 14.3. The molecule has 0 bridgehead atoms. The highest BCUT2D eigenvalue weighted by atomic mass is 35.5. The van der Waals surface area contributed by atoms with Crippen LogP contribution in [-0.2, 0) is 14.3 Å². The monoisotopic (exact) mass is 435 g/mol. The Hall–Kier alpha value is -3.26. The lowest BCUT2D eigenvalue weighted by molar-refractivity contribution is -0.147. The summed E-state index contributed by atoms with van der Waals surface area (Å²) in [6.07, 6.45) is -0.0422. The number of carbonyl (C=O) groups is 3. The van der Waals surface area contributed by atoms with Gasteiger partial charge in [0.05, 0.1) is 38.0 Å². The van der Waals surface area contributed by atoms with Crippen LogP contribution in [0.3, 0.4) is 0 Å². The number of rotatable bonds is 10. The van der Waals surface area contributed by atoms with Crippen LogP contribution >= 0.6 is 11.6 Å². The molecule has 2 aromatic carbocycles. The topological polar surface area (TPSA) is 100 Å². The minimum absolute atomic E-state index is 0.0422. The number of anilines is 1. The number of carbonyl (C=O) groups excluding carboxylic acids is 3. The van der Waals surface area contributed by atoms with Gasteiger partial charge in [0.2, 0.25) is 0 Å². The number of hydrogen-bond donors (Lipinski definition) is 1. The lowest BCUT2D eigenvalue weighted by Crippen LogP contribution is -2.22. The maximum Gasteiger partial charge on any atom is 0.309 e.